The Morgan fingerprint density at radius 1 is 1.20 bits per heavy atom. The maximum absolute atomic E-state index is 13.1. The summed E-state index contributed by atoms with van der Waals surface area (Å²) in [6.07, 6.45) is -2.93. The highest BCUT2D eigenvalue weighted by atomic mass is 35.5. The number of halogens is 5. The minimum atomic E-state index is -4.54. The molecule has 3 rings (SSSR count). The van der Waals surface area contributed by atoms with Gasteiger partial charge in [-0.15, -0.1) is 24.8 Å². The van der Waals surface area contributed by atoms with Gasteiger partial charge >= 0.3 is 6.18 Å². The number of nitrogens with zero attached hydrogens (tertiary/aromatic N) is 3. The molecule has 0 aliphatic carbocycles. The van der Waals surface area contributed by atoms with E-state index in [0.717, 1.165) is 12.1 Å². The zero-order chi connectivity index (χ0) is 20.6. The molecule has 0 unspecified atom stereocenters. The van der Waals surface area contributed by atoms with Crippen molar-refractivity contribution in [1.29, 1.82) is 0 Å². The molecule has 3 N–H and O–H groups in total. The van der Waals surface area contributed by atoms with Gasteiger partial charge in [-0.25, -0.2) is 9.67 Å². The summed E-state index contributed by atoms with van der Waals surface area (Å²) < 4.78 is 41.0. The van der Waals surface area contributed by atoms with E-state index in [4.69, 9.17) is 5.73 Å². The SMILES string of the molecule is Cc1nc2c(cnn2C(C)C)cc1C(=O)Nc1cc(CN)cc(C(F)(F)F)c1.Cl.Cl. The number of nitrogens with one attached hydrogen (secondary N) is 1. The largest absolute Gasteiger partial charge is 0.416 e. The Bertz CT molecular complexity index is 1050. The number of nitrogens with two attached hydrogens (primary N) is 1. The fraction of sp³-hybridized carbons (Fsp3) is 0.316. The van der Waals surface area contributed by atoms with Gasteiger partial charge in [0.05, 0.1) is 23.0 Å². The molecule has 0 bridgehead atoms. The number of carbonyl (C=O) groups is 1. The van der Waals surface area contributed by atoms with Gasteiger partial charge in [0.2, 0.25) is 0 Å². The predicted octanol–water partition coefficient (Wildman–Crippen LogP) is 4.89. The summed E-state index contributed by atoms with van der Waals surface area (Å²) in [4.78, 5) is 17.1. The average Bonchev–Trinajstić information content (AvgIpc) is 3.02. The quantitative estimate of drug-likeness (QED) is 0.576. The van der Waals surface area contributed by atoms with Crippen LogP contribution in [0.1, 0.15) is 47.1 Å². The lowest BCUT2D eigenvalue weighted by molar-refractivity contribution is -0.137. The van der Waals surface area contributed by atoms with E-state index in [-0.39, 0.29) is 54.2 Å². The van der Waals surface area contributed by atoms with Gasteiger partial charge in [0.15, 0.2) is 5.65 Å². The number of hydrogen-bond donors (Lipinski definition) is 2. The molecule has 2 aromatic heterocycles. The Labute approximate surface area is 183 Å². The van der Waals surface area contributed by atoms with Crippen molar-refractivity contribution in [3.05, 3.63) is 52.8 Å². The summed E-state index contributed by atoms with van der Waals surface area (Å²) in [7, 11) is 0. The standard InChI is InChI=1S/C19H20F3N5O.2ClH/c1-10(2)27-17-13(9-24-27)6-16(11(3)25-17)18(28)26-15-5-12(8-23)4-14(7-15)19(20,21)22;;/h4-7,9-10H,8,23H2,1-3H3,(H,26,28);2*1H. The number of pyridine rings is 1. The van der Waals surface area contributed by atoms with Gasteiger partial charge in [0.1, 0.15) is 0 Å². The number of hydrogen-bond acceptors (Lipinski definition) is 4. The van der Waals surface area contributed by atoms with E-state index < -0.39 is 17.6 Å². The predicted molar refractivity (Wildman–Crippen MR) is 114 cm³/mol. The number of aromatic nitrogens is 3. The van der Waals surface area contributed by atoms with Crippen LogP contribution in [0.3, 0.4) is 0 Å². The molecule has 0 saturated heterocycles. The molecule has 164 valence electrons. The van der Waals surface area contributed by atoms with E-state index in [0.29, 0.717) is 16.7 Å². The first kappa shape index (κ1) is 25.7. The number of benzene rings is 1. The summed E-state index contributed by atoms with van der Waals surface area (Å²) in [5.41, 5.74) is 6.29. The van der Waals surface area contributed by atoms with Gasteiger partial charge in [0.25, 0.3) is 5.91 Å². The van der Waals surface area contributed by atoms with Crippen LogP contribution in [0, 0.1) is 6.92 Å². The van der Waals surface area contributed by atoms with E-state index in [2.05, 4.69) is 15.4 Å². The van der Waals surface area contributed by atoms with Crippen molar-refractivity contribution in [3.8, 4) is 0 Å². The normalized spacial score (nSPS) is 11.2. The second-order valence-electron chi connectivity index (χ2n) is 6.79. The maximum atomic E-state index is 13.1. The van der Waals surface area contributed by atoms with E-state index in [1.54, 1.807) is 23.9 Å². The molecule has 11 heteroatoms. The fourth-order valence-electron chi connectivity index (χ4n) is 2.92. The Morgan fingerprint density at radius 2 is 1.87 bits per heavy atom. The third kappa shape index (κ3) is 5.21. The molecule has 1 amide bonds. The van der Waals surface area contributed by atoms with Crippen LogP contribution in [-0.4, -0.2) is 20.7 Å². The van der Waals surface area contributed by atoms with Crippen molar-refractivity contribution in [1.82, 2.24) is 14.8 Å². The lowest BCUT2D eigenvalue weighted by Crippen LogP contribution is -2.16. The van der Waals surface area contributed by atoms with Crippen LogP contribution in [0.15, 0.2) is 30.5 Å². The number of carbonyl (C=O) groups excluding carboxylic acids is 1. The highest BCUT2D eigenvalue weighted by molar-refractivity contribution is 6.06. The van der Waals surface area contributed by atoms with Crippen molar-refractivity contribution >= 4 is 47.4 Å². The van der Waals surface area contributed by atoms with Crippen molar-refractivity contribution in [2.24, 2.45) is 5.73 Å². The highest BCUT2D eigenvalue weighted by Crippen LogP contribution is 2.32. The molecule has 30 heavy (non-hydrogen) atoms. The molecular weight excluding hydrogens is 442 g/mol. The van der Waals surface area contributed by atoms with E-state index >= 15 is 0 Å². The molecule has 0 atom stereocenters. The summed E-state index contributed by atoms with van der Waals surface area (Å²) in [5.74, 6) is -0.550. The third-order valence-corrected chi connectivity index (χ3v) is 4.31. The second kappa shape index (κ2) is 9.63. The molecule has 0 saturated carbocycles. The molecule has 3 aromatic rings. The molecule has 6 nitrogen and oxygen atoms in total. The zero-order valence-electron chi connectivity index (χ0n) is 16.4. The van der Waals surface area contributed by atoms with Crippen LogP contribution in [0.2, 0.25) is 0 Å². The van der Waals surface area contributed by atoms with Gasteiger partial charge in [-0.1, -0.05) is 0 Å². The van der Waals surface area contributed by atoms with Crippen LogP contribution in [0.25, 0.3) is 11.0 Å². The Morgan fingerprint density at radius 3 is 2.43 bits per heavy atom. The first-order valence-electron chi connectivity index (χ1n) is 8.67. The minimum absolute atomic E-state index is 0. The van der Waals surface area contributed by atoms with Crippen LogP contribution in [0.5, 0.6) is 0 Å². The van der Waals surface area contributed by atoms with Gasteiger partial charge in [-0.05, 0) is 50.6 Å². The van der Waals surface area contributed by atoms with Gasteiger partial charge in [-0.3, -0.25) is 4.79 Å². The smallest absolute Gasteiger partial charge is 0.326 e. The summed E-state index contributed by atoms with van der Waals surface area (Å²) >= 11 is 0. The number of anilines is 1. The van der Waals surface area contributed by atoms with Gasteiger partial charge < -0.3 is 11.1 Å². The first-order chi connectivity index (χ1) is 13.1. The molecule has 0 radical (unpaired) electrons. The van der Waals surface area contributed by atoms with Crippen LogP contribution in [0.4, 0.5) is 18.9 Å². The van der Waals surface area contributed by atoms with Crippen LogP contribution >= 0.6 is 24.8 Å². The van der Waals surface area contributed by atoms with E-state index in [1.807, 2.05) is 13.8 Å². The number of amides is 1. The number of alkyl halides is 3. The second-order valence-corrected chi connectivity index (χ2v) is 6.79. The third-order valence-electron chi connectivity index (χ3n) is 4.31. The number of aryl methyl sites for hydroxylation is 1. The topological polar surface area (TPSA) is 85.8 Å². The fourth-order valence-corrected chi connectivity index (χ4v) is 2.92. The molecule has 0 aliphatic heterocycles. The Balaban J connectivity index is 0.00000225. The van der Waals surface area contributed by atoms with E-state index in [9.17, 15) is 18.0 Å². The summed E-state index contributed by atoms with van der Waals surface area (Å²) in [5, 5.41) is 7.46. The van der Waals surface area contributed by atoms with Gasteiger partial charge in [-0.2, -0.15) is 18.3 Å². The van der Waals surface area contributed by atoms with Crippen LogP contribution in [-0.2, 0) is 12.7 Å². The molecular formula is C19H22Cl2F3N5O. The van der Waals surface area contributed by atoms with Crippen molar-refractivity contribution in [2.75, 3.05) is 5.32 Å². The average molecular weight is 464 g/mol. The van der Waals surface area contributed by atoms with Gasteiger partial charge in [0, 0.05) is 23.7 Å². The van der Waals surface area contributed by atoms with E-state index in [1.165, 1.54) is 6.07 Å². The first-order valence-corrected chi connectivity index (χ1v) is 8.67. The lowest BCUT2D eigenvalue weighted by Gasteiger charge is -2.13. The van der Waals surface area contributed by atoms with Crippen LogP contribution < -0.4 is 11.1 Å². The highest BCUT2D eigenvalue weighted by Gasteiger charge is 2.31. The zero-order valence-corrected chi connectivity index (χ0v) is 18.1. The number of rotatable bonds is 4. The summed E-state index contributed by atoms with van der Waals surface area (Å²) in [6, 6.07) is 5.01. The Kier molecular flexibility index (Phi) is 8.24. The van der Waals surface area contributed by atoms with Crippen molar-refractivity contribution < 1.29 is 18.0 Å². The molecule has 0 fully saturated rings. The monoisotopic (exact) mass is 463 g/mol. The van der Waals surface area contributed by atoms with Crippen molar-refractivity contribution in [2.45, 2.75) is 39.5 Å². The molecule has 0 spiro atoms. The Hall–Kier alpha value is -2.36. The van der Waals surface area contributed by atoms with Crippen molar-refractivity contribution in [3.63, 3.8) is 0 Å². The summed E-state index contributed by atoms with van der Waals surface area (Å²) in [6.45, 7) is 5.52. The molecule has 1 aromatic carbocycles. The minimum Gasteiger partial charge on any atom is -0.326 e. The maximum Gasteiger partial charge on any atom is 0.416 e. The molecule has 0 aliphatic rings. The molecule has 2 heterocycles. The lowest BCUT2D eigenvalue weighted by atomic mass is 10.1. The number of fused-ring (bicyclic) bond motifs is 1.